The minimum atomic E-state index is -0.992. The van der Waals surface area contributed by atoms with E-state index in [9.17, 15) is 4.79 Å². The van der Waals surface area contributed by atoms with Crippen molar-refractivity contribution in [2.24, 2.45) is 5.92 Å². The summed E-state index contributed by atoms with van der Waals surface area (Å²) in [6.45, 7) is 5.22. The number of hydrogen-bond acceptors (Lipinski definition) is 3. The molecule has 0 heterocycles. The molecule has 1 rings (SSSR count). The first-order valence-electron chi connectivity index (χ1n) is 5.95. The molecule has 0 saturated carbocycles. The zero-order chi connectivity index (χ0) is 12.8. The number of nitrogen functional groups attached to an aromatic ring is 1. The molecule has 1 aromatic carbocycles. The lowest BCUT2D eigenvalue weighted by Crippen LogP contribution is -2.13. The summed E-state index contributed by atoms with van der Waals surface area (Å²) in [6, 6.07) is 4.96. The van der Waals surface area contributed by atoms with Crippen LogP contribution in [-0.2, 0) is 0 Å². The van der Waals surface area contributed by atoms with Crippen LogP contribution in [-0.4, -0.2) is 17.6 Å². The number of nitrogens with two attached hydrogens (primary N) is 1. The van der Waals surface area contributed by atoms with Gasteiger partial charge in [0.1, 0.15) is 0 Å². The molecular weight excluding hydrogens is 216 g/mol. The normalized spacial score (nSPS) is 10.5. The standard InChI is InChI=1S/C13H20N2O2/c1-3-9(4-2)8-15-10-5-6-11(13(16)17)12(14)7-10/h5-7,9,15H,3-4,8,14H2,1-2H3,(H,16,17). The number of carboxylic acids is 1. The van der Waals surface area contributed by atoms with Gasteiger partial charge in [-0.15, -0.1) is 0 Å². The number of rotatable bonds is 6. The second kappa shape index (κ2) is 6.13. The first kappa shape index (κ1) is 13.4. The minimum absolute atomic E-state index is 0.151. The van der Waals surface area contributed by atoms with E-state index in [0.717, 1.165) is 25.1 Å². The molecule has 4 nitrogen and oxygen atoms in total. The van der Waals surface area contributed by atoms with E-state index in [2.05, 4.69) is 19.2 Å². The molecular formula is C13H20N2O2. The Balaban J connectivity index is 2.67. The minimum Gasteiger partial charge on any atom is -0.478 e. The molecule has 0 saturated heterocycles. The van der Waals surface area contributed by atoms with Crippen molar-refractivity contribution in [3.05, 3.63) is 23.8 Å². The molecule has 0 aromatic heterocycles. The van der Waals surface area contributed by atoms with Gasteiger partial charge in [-0.1, -0.05) is 26.7 Å². The number of carbonyl (C=O) groups is 1. The van der Waals surface area contributed by atoms with Crippen LogP contribution in [0.5, 0.6) is 0 Å². The van der Waals surface area contributed by atoms with Crippen LogP contribution in [0.4, 0.5) is 11.4 Å². The fraction of sp³-hybridized carbons (Fsp3) is 0.462. The number of hydrogen-bond donors (Lipinski definition) is 3. The summed E-state index contributed by atoms with van der Waals surface area (Å²) in [6.07, 6.45) is 2.26. The first-order chi connectivity index (χ1) is 8.08. The molecule has 0 aliphatic rings. The van der Waals surface area contributed by atoms with E-state index in [4.69, 9.17) is 10.8 Å². The van der Waals surface area contributed by atoms with Gasteiger partial charge in [-0.05, 0) is 24.1 Å². The van der Waals surface area contributed by atoms with Gasteiger partial charge < -0.3 is 16.2 Å². The molecule has 0 amide bonds. The number of nitrogens with one attached hydrogen (secondary N) is 1. The third kappa shape index (κ3) is 3.66. The van der Waals surface area contributed by atoms with Crippen LogP contribution in [0.1, 0.15) is 37.0 Å². The van der Waals surface area contributed by atoms with Crippen molar-refractivity contribution in [3.8, 4) is 0 Å². The molecule has 17 heavy (non-hydrogen) atoms. The monoisotopic (exact) mass is 236 g/mol. The number of anilines is 2. The topological polar surface area (TPSA) is 75.3 Å². The van der Waals surface area contributed by atoms with Crippen LogP contribution in [0.15, 0.2) is 18.2 Å². The Morgan fingerprint density at radius 1 is 1.41 bits per heavy atom. The Bertz CT molecular complexity index is 387. The fourth-order valence-corrected chi connectivity index (χ4v) is 1.71. The zero-order valence-electron chi connectivity index (χ0n) is 10.4. The third-order valence-corrected chi connectivity index (χ3v) is 3.03. The van der Waals surface area contributed by atoms with E-state index in [1.165, 1.54) is 6.07 Å². The highest BCUT2D eigenvalue weighted by atomic mass is 16.4. The maximum absolute atomic E-state index is 10.8. The van der Waals surface area contributed by atoms with Gasteiger partial charge in [-0.2, -0.15) is 0 Å². The summed E-state index contributed by atoms with van der Waals surface area (Å²) in [7, 11) is 0. The number of aromatic carboxylic acids is 1. The van der Waals surface area contributed by atoms with Crippen LogP contribution in [0.3, 0.4) is 0 Å². The quantitative estimate of drug-likeness (QED) is 0.664. The molecule has 0 aliphatic carbocycles. The van der Waals surface area contributed by atoms with Crippen LogP contribution in [0, 0.1) is 5.92 Å². The van der Waals surface area contributed by atoms with E-state index in [-0.39, 0.29) is 5.56 Å². The van der Waals surface area contributed by atoms with Gasteiger partial charge in [-0.3, -0.25) is 0 Å². The van der Waals surface area contributed by atoms with Crippen LogP contribution in [0.2, 0.25) is 0 Å². The van der Waals surface area contributed by atoms with E-state index in [1.807, 2.05) is 0 Å². The molecule has 0 radical (unpaired) electrons. The molecule has 1 aromatic rings. The van der Waals surface area contributed by atoms with Gasteiger partial charge in [0.15, 0.2) is 0 Å². The molecule has 0 atom stereocenters. The van der Waals surface area contributed by atoms with Gasteiger partial charge in [0.2, 0.25) is 0 Å². The lowest BCUT2D eigenvalue weighted by atomic mass is 10.0. The van der Waals surface area contributed by atoms with Crippen molar-refractivity contribution < 1.29 is 9.90 Å². The molecule has 0 spiro atoms. The average molecular weight is 236 g/mol. The summed E-state index contributed by atoms with van der Waals surface area (Å²) in [5.74, 6) is -0.357. The SMILES string of the molecule is CCC(CC)CNc1ccc(C(=O)O)c(N)c1. The first-order valence-corrected chi connectivity index (χ1v) is 5.95. The van der Waals surface area contributed by atoms with Crippen molar-refractivity contribution >= 4 is 17.3 Å². The second-order valence-corrected chi connectivity index (χ2v) is 4.17. The Kier molecular flexibility index (Phi) is 4.82. The van der Waals surface area contributed by atoms with Crippen LogP contribution in [0.25, 0.3) is 0 Å². The zero-order valence-corrected chi connectivity index (χ0v) is 10.4. The number of benzene rings is 1. The second-order valence-electron chi connectivity index (χ2n) is 4.17. The summed E-state index contributed by atoms with van der Waals surface area (Å²) in [5, 5.41) is 12.1. The van der Waals surface area contributed by atoms with Crippen molar-refractivity contribution in [2.75, 3.05) is 17.6 Å². The smallest absolute Gasteiger partial charge is 0.337 e. The Hall–Kier alpha value is -1.71. The van der Waals surface area contributed by atoms with Gasteiger partial charge >= 0.3 is 5.97 Å². The fourth-order valence-electron chi connectivity index (χ4n) is 1.71. The maximum atomic E-state index is 10.8. The highest BCUT2D eigenvalue weighted by Gasteiger charge is 2.08. The molecule has 0 unspecified atom stereocenters. The van der Waals surface area contributed by atoms with E-state index < -0.39 is 5.97 Å². The van der Waals surface area contributed by atoms with Crippen LogP contribution >= 0.6 is 0 Å². The Morgan fingerprint density at radius 3 is 2.53 bits per heavy atom. The largest absolute Gasteiger partial charge is 0.478 e. The molecule has 94 valence electrons. The molecule has 0 fully saturated rings. The Labute approximate surface area is 102 Å². The van der Waals surface area contributed by atoms with Crippen molar-refractivity contribution in [1.29, 1.82) is 0 Å². The van der Waals surface area contributed by atoms with E-state index >= 15 is 0 Å². The van der Waals surface area contributed by atoms with E-state index in [1.54, 1.807) is 12.1 Å². The van der Waals surface area contributed by atoms with Gasteiger partial charge in [0.25, 0.3) is 0 Å². The summed E-state index contributed by atoms with van der Waals surface area (Å²) < 4.78 is 0. The van der Waals surface area contributed by atoms with Crippen molar-refractivity contribution in [1.82, 2.24) is 0 Å². The molecule has 4 heteroatoms. The van der Waals surface area contributed by atoms with Crippen molar-refractivity contribution in [2.45, 2.75) is 26.7 Å². The summed E-state index contributed by atoms with van der Waals surface area (Å²) >= 11 is 0. The lowest BCUT2D eigenvalue weighted by Gasteiger charge is -2.14. The molecule has 0 aliphatic heterocycles. The highest BCUT2D eigenvalue weighted by molar-refractivity contribution is 5.94. The number of carboxylic acid groups (broad SMARTS) is 1. The molecule has 0 bridgehead atoms. The van der Waals surface area contributed by atoms with Crippen LogP contribution < -0.4 is 11.1 Å². The van der Waals surface area contributed by atoms with Gasteiger partial charge in [0, 0.05) is 17.9 Å². The highest BCUT2D eigenvalue weighted by Crippen LogP contribution is 2.19. The average Bonchev–Trinajstić information content (AvgIpc) is 2.30. The third-order valence-electron chi connectivity index (χ3n) is 3.03. The Morgan fingerprint density at radius 2 is 2.06 bits per heavy atom. The lowest BCUT2D eigenvalue weighted by molar-refractivity contribution is 0.0698. The van der Waals surface area contributed by atoms with E-state index in [0.29, 0.717) is 11.6 Å². The molecule has 4 N–H and O–H groups in total. The van der Waals surface area contributed by atoms with Gasteiger partial charge in [0.05, 0.1) is 5.56 Å². The predicted molar refractivity (Wildman–Crippen MR) is 70.4 cm³/mol. The maximum Gasteiger partial charge on any atom is 0.337 e. The van der Waals surface area contributed by atoms with Crippen molar-refractivity contribution in [3.63, 3.8) is 0 Å². The van der Waals surface area contributed by atoms with Gasteiger partial charge in [-0.25, -0.2) is 4.79 Å². The summed E-state index contributed by atoms with van der Waals surface area (Å²) in [4.78, 5) is 10.8. The summed E-state index contributed by atoms with van der Waals surface area (Å²) in [5.41, 5.74) is 7.00. The predicted octanol–water partition coefficient (Wildman–Crippen LogP) is 2.82.